The third-order valence-electron chi connectivity index (χ3n) is 3.47. The maximum absolute atomic E-state index is 11.9. The molecule has 3 rings (SSSR count). The van der Waals surface area contributed by atoms with E-state index in [1.54, 1.807) is 16.8 Å². The lowest BCUT2D eigenvalue weighted by Gasteiger charge is -2.10. The Morgan fingerprint density at radius 2 is 2.19 bits per heavy atom. The number of nitrogens with zero attached hydrogens (tertiary/aromatic N) is 1. The minimum Gasteiger partial charge on any atom is -0.392 e. The van der Waals surface area contributed by atoms with Crippen LogP contribution in [0.5, 0.6) is 0 Å². The molecule has 3 atom stereocenters. The van der Waals surface area contributed by atoms with Gasteiger partial charge in [0, 0.05) is 24.1 Å². The minimum atomic E-state index is -0.0442. The first kappa shape index (κ1) is 10.5. The zero-order valence-corrected chi connectivity index (χ0v) is 10.2. The Bertz CT molecular complexity index is 475. The highest BCUT2D eigenvalue weighted by Gasteiger charge is 2.55. The molecule has 0 amide bonds. The van der Waals surface area contributed by atoms with E-state index < -0.39 is 0 Å². The van der Waals surface area contributed by atoms with Gasteiger partial charge < -0.3 is 14.4 Å². The molecule has 2 heterocycles. The van der Waals surface area contributed by atoms with Gasteiger partial charge in [-0.15, -0.1) is 0 Å². The lowest BCUT2D eigenvalue weighted by molar-refractivity contribution is 0.151. The predicted octanol–water partition coefficient (Wildman–Crippen LogP) is 0.920. The van der Waals surface area contributed by atoms with Crippen molar-refractivity contribution in [2.75, 3.05) is 13.2 Å². The number of fused-ring (bicyclic) bond motifs is 1. The number of hydrogen-bond acceptors (Lipinski definition) is 3. The van der Waals surface area contributed by atoms with Crippen LogP contribution in [0, 0.1) is 11.8 Å². The summed E-state index contributed by atoms with van der Waals surface area (Å²) in [5.41, 5.74) is 0.744. The summed E-state index contributed by atoms with van der Waals surface area (Å²) in [7, 11) is 0. The lowest BCUT2D eigenvalue weighted by Crippen LogP contribution is -2.22. The summed E-state index contributed by atoms with van der Waals surface area (Å²) >= 11 is 3.24. The molecule has 1 N–H and O–H groups in total. The van der Waals surface area contributed by atoms with Crippen LogP contribution in [0.25, 0.3) is 0 Å². The van der Waals surface area contributed by atoms with E-state index in [0.29, 0.717) is 16.3 Å². The van der Waals surface area contributed by atoms with E-state index in [1.807, 2.05) is 0 Å². The molecule has 1 unspecified atom stereocenters. The summed E-state index contributed by atoms with van der Waals surface area (Å²) in [5.74, 6) is 0.970. The van der Waals surface area contributed by atoms with Crippen molar-refractivity contribution in [1.82, 2.24) is 4.57 Å². The van der Waals surface area contributed by atoms with Gasteiger partial charge in [0.15, 0.2) is 0 Å². The van der Waals surface area contributed by atoms with Crippen LogP contribution in [-0.2, 0) is 11.3 Å². The van der Waals surface area contributed by atoms with Gasteiger partial charge in [0.1, 0.15) is 0 Å². The van der Waals surface area contributed by atoms with Crippen LogP contribution < -0.4 is 5.56 Å². The Kier molecular flexibility index (Phi) is 2.42. The number of aliphatic hydroxyl groups excluding tert-OH is 1. The van der Waals surface area contributed by atoms with Gasteiger partial charge in [-0.3, -0.25) is 4.79 Å². The summed E-state index contributed by atoms with van der Waals surface area (Å²) in [6.07, 6.45) is 1.76. The maximum atomic E-state index is 11.9. The van der Waals surface area contributed by atoms with Crippen LogP contribution in [0.3, 0.4) is 0 Å². The van der Waals surface area contributed by atoms with Gasteiger partial charge in [-0.25, -0.2) is 0 Å². The zero-order valence-electron chi connectivity index (χ0n) is 8.60. The average molecular weight is 286 g/mol. The zero-order chi connectivity index (χ0) is 11.3. The van der Waals surface area contributed by atoms with Crippen molar-refractivity contribution in [1.29, 1.82) is 0 Å². The Morgan fingerprint density at radius 3 is 2.81 bits per heavy atom. The fourth-order valence-electron chi connectivity index (χ4n) is 2.55. The first-order valence-corrected chi connectivity index (χ1v) is 6.11. The second-order valence-corrected chi connectivity index (χ2v) is 5.28. The smallest absolute Gasteiger partial charge is 0.265 e. The second-order valence-electron chi connectivity index (χ2n) is 4.42. The normalized spacial score (nSPS) is 31.5. The summed E-state index contributed by atoms with van der Waals surface area (Å²) in [5, 5.41) is 9.12. The molecule has 1 aromatic rings. The predicted molar refractivity (Wildman–Crippen MR) is 61.2 cm³/mol. The molecule has 16 heavy (non-hydrogen) atoms. The molecule has 5 heteroatoms. The number of rotatable bonds is 2. The van der Waals surface area contributed by atoms with Crippen LogP contribution in [-0.4, -0.2) is 22.9 Å². The summed E-state index contributed by atoms with van der Waals surface area (Å²) in [6.45, 7) is 1.46. The third-order valence-corrected chi connectivity index (χ3v) is 4.03. The minimum absolute atomic E-state index is 0.0170. The number of halogens is 1. The van der Waals surface area contributed by atoms with Crippen molar-refractivity contribution in [2.24, 2.45) is 11.8 Å². The SMILES string of the molecule is O=c1c(Br)cc(CO)cn1C1[C@H]2COC[C@@H]12. The van der Waals surface area contributed by atoms with E-state index in [0.717, 1.165) is 18.8 Å². The molecule has 1 aliphatic carbocycles. The number of hydrogen-bond donors (Lipinski definition) is 1. The van der Waals surface area contributed by atoms with Crippen LogP contribution >= 0.6 is 15.9 Å². The van der Waals surface area contributed by atoms with E-state index in [1.165, 1.54) is 0 Å². The largest absolute Gasteiger partial charge is 0.392 e. The van der Waals surface area contributed by atoms with Gasteiger partial charge in [-0.2, -0.15) is 0 Å². The molecule has 0 aromatic carbocycles. The van der Waals surface area contributed by atoms with Gasteiger partial charge in [0.05, 0.1) is 24.3 Å². The molecule has 4 nitrogen and oxygen atoms in total. The standard InChI is InChI=1S/C11H12BrNO3/c12-9-1-6(3-14)2-13(11(9)15)10-7-4-16-5-8(7)10/h1-2,7-8,10,14H,3-5H2/t7-,8+,10?. The van der Waals surface area contributed by atoms with Crippen molar-refractivity contribution >= 4 is 15.9 Å². The molecule has 1 saturated carbocycles. The molecular formula is C11H12BrNO3. The number of aliphatic hydroxyl groups is 1. The monoisotopic (exact) mass is 285 g/mol. The first-order chi connectivity index (χ1) is 7.72. The maximum Gasteiger partial charge on any atom is 0.265 e. The highest BCUT2D eigenvalue weighted by Crippen LogP contribution is 2.53. The number of pyridine rings is 1. The molecule has 1 aliphatic heterocycles. The lowest BCUT2D eigenvalue weighted by atomic mass is 10.3. The van der Waals surface area contributed by atoms with Gasteiger partial charge in [0.2, 0.25) is 0 Å². The highest BCUT2D eigenvalue weighted by molar-refractivity contribution is 9.10. The van der Waals surface area contributed by atoms with Crippen LogP contribution in [0.2, 0.25) is 0 Å². The Morgan fingerprint density at radius 1 is 1.50 bits per heavy atom. The molecule has 1 aromatic heterocycles. The van der Waals surface area contributed by atoms with Crippen LogP contribution in [0.1, 0.15) is 11.6 Å². The fraction of sp³-hybridized carbons (Fsp3) is 0.545. The highest BCUT2D eigenvalue weighted by atomic mass is 79.9. The van der Waals surface area contributed by atoms with Crippen LogP contribution in [0.15, 0.2) is 21.5 Å². The van der Waals surface area contributed by atoms with Gasteiger partial charge in [-0.1, -0.05) is 0 Å². The van der Waals surface area contributed by atoms with Gasteiger partial charge in [-0.05, 0) is 27.6 Å². The van der Waals surface area contributed by atoms with E-state index in [4.69, 9.17) is 9.84 Å². The molecule has 0 spiro atoms. The molecule has 2 aliphatic rings. The van der Waals surface area contributed by atoms with Crippen molar-refractivity contribution in [3.05, 3.63) is 32.7 Å². The molecule has 0 radical (unpaired) electrons. The molecular weight excluding hydrogens is 274 g/mol. The Labute approximate surface area is 101 Å². The Balaban J connectivity index is 2.01. The Hall–Kier alpha value is -0.650. The number of ether oxygens (including phenoxy) is 1. The van der Waals surface area contributed by atoms with Gasteiger partial charge in [0.25, 0.3) is 5.56 Å². The average Bonchev–Trinajstić information content (AvgIpc) is 2.75. The van der Waals surface area contributed by atoms with E-state index in [2.05, 4.69) is 15.9 Å². The van der Waals surface area contributed by atoms with Crippen molar-refractivity contribution in [3.8, 4) is 0 Å². The summed E-state index contributed by atoms with van der Waals surface area (Å²) in [4.78, 5) is 11.9. The van der Waals surface area contributed by atoms with Gasteiger partial charge >= 0.3 is 0 Å². The van der Waals surface area contributed by atoms with Crippen molar-refractivity contribution in [2.45, 2.75) is 12.6 Å². The second kappa shape index (κ2) is 3.68. The summed E-state index contributed by atoms with van der Waals surface area (Å²) < 4.78 is 7.57. The number of aromatic nitrogens is 1. The van der Waals surface area contributed by atoms with E-state index in [9.17, 15) is 4.79 Å². The topological polar surface area (TPSA) is 51.5 Å². The fourth-order valence-corrected chi connectivity index (χ4v) is 3.05. The van der Waals surface area contributed by atoms with Crippen molar-refractivity contribution < 1.29 is 9.84 Å². The quantitative estimate of drug-likeness (QED) is 0.879. The summed E-state index contributed by atoms with van der Waals surface area (Å²) in [6, 6.07) is 1.94. The van der Waals surface area contributed by atoms with E-state index >= 15 is 0 Å². The van der Waals surface area contributed by atoms with Crippen LogP contribution in [0.4, 0.5) is 0 Å². The molecule has 1 saturated heterocycles. The molecule has 0 bridgehead atoms. The van der Waals surface area contributed by atoms with E-state index in [-0.39, 0.29) is 18.2 Å². The first-order valence-electron chi connectivity index (χ1n) is 5.31. The third kappa shape index (κ3) is 1.46. The molecule has 86 valence electrons. The molecule has 2 fully saturated rings. The van der Waals surface area contributed by atoms with Crippen molar-refractivity contribution in [3.63, 3.8) is 0 Å².